The molecule has 0 atom stereocenters. The van der Waals surface area contributed by atoms with E-state index in [0.717, 1.165) is 5.01 Å². The van der Waals surface area contributed by atoms with E-state index in [1.807, 2.05) is 5.53 Å². The van der Waals surface area contributed by atoms with Crippen molar-refractivity contribution in [2.24, 2.45) is 5.10 Å². The molecular weight excluding hydrogens is 149 g/mol. The summed E-state index contributed by atoms with van der Waals surface area (Å²) in [5.74, 6) is -0.979. The highest BCUT2D eigenvalue weighted by Crippen LogP contribution is 2.18. The molecule has 0 aromatic rings. The van der Waals surface area contributed by atoms with Crippen LogP contribution in [-0.2, 0) is 0 Å². The smallest absolute Gasteiger partial charge is 0.271 e. The molecule has 0 spiro atoms. The standard InChI is InChI=1S/C3H5F3N4/c1-10-2(3(4,5)6)7-8-9-10/h8-9H,1H3. The number of hydrogen-bond donors (Lipinski definition) is 2. The van der Waals surface area contributed by atoms with Gasteiger partial charge in [-0.2, -0.15) is 13.2 Å². The van der Waals surface area contributed by atoms with Crippen LogP contribution in [-0.4, -0.2) is 24.1 Å². The highest BCUT2D eigenvalue weighted by atomic mass is 19.4. The maximum absolute atomic E-state index is 11.8. The Bertz CT molecular complexity index is 162. The van der Waals surface area contributed by atoms with Crippen molar-refractivity contribution in [1.29, 1.82) is 0 Å². The molecular formula is C3H5F3N4. The lowest BCUT2D eigenvalue weighted by Crippen LogP contribution is -2.42. The van der Waals surface area contributed by atoms with Gasteiger partial charge in [0.1, 0.15) is 0 Å². The van der Waals surface area contributed by atoms with Gasteiger partial charge in [0.2, 0.25) is 5.84 Å². The van der Waals surface area contributed by atoms with Gasteiger partial charge in [0.05, 0.1) is 0 Å². The molecule has 1 aliphatic heterocycles. The second-order valence-electron chi connectivity index (χ2n) is 1.72. The van der Waals surface area contributed by atoms with Crippen molar-refractivity contribution in [3.8, 4) is 0 Å². The summed E-state index contributed by atoms with van der Waals surface area (Å²) in [7, 11) is 1.21. The van der Waals surface area contributed by atoms with Gasteiger partial charge >= 0.3 is 6.18 Å². The number of nitrogens with one attached hydrogen (secondary N) is 2. The first kappa shape index (κ1) is 7.13. The van der Waals surface area contributed by atoms with Crippen molar-refractivity contribution in [3.05, 3.63) is 0 Å². The molecule has 2 N–H and O–H groups in total. The normalized spacial score (nSPS) is 18.8. The Kier molecular flexibility index (Phi) is 1.43. The lowest BCUT2D eigenvalue weighted by Gasteiger charge is -2.13. The minimum atomic E-state index is -4.40. The summed E-state index contributed by atoms with van der Waals surface area (Å²) < 4.78 is 35.3. The fraction of sp³-hybridized carbons (Fsp3) is 0.667. The Morgan fingerprint density at radius 3 is 2.30 bits per heavy atom. The van der Waals surface area contributed by atoms with Crippen LogP contribution in [0.25, 0.3) is 0 Å². The summed E-state index contributed by atoms with van der Waals surface area (Å²) in [5.41, 5.74) is 4.11. The number of hydrazone groups is 1. The van der Waals surface area contributed by atoms with Gasteiger partial charge in [-0.3, -0.25) is 5.01 Å². The van der Waals surface area contributed by atoms with Crippen LogP contribution in [0.4, 0.5) is 13.2 Å². The molecule has 1 rings (SSSR count). The molecule has 1 heterocycles. The van der Waals surface area contributed by atoms with Crippen molar-refractivity contribution in [2.75, 3.05) is 7.05 Å². The third kappa shape index (κ3) is 1.13. The van der Waals surface area contributed by atoms with Crippen LogP contribution in [0.5, 0.6) is 0 Å². The van der Waals surface area contributed by atoms with E-state index in [4.69, 9.17) is 0 Å². The topological polar surface area (TPSA) is 39.7 Å². The van der Waals surface area contributed by atoms with E-state index >= 15 is 0 Å². The summed E-state index contributed by atoms with van der Waals surface area (Å²) >= 11 is 0. The van der Waals surface area contributed by atoms with E-state index in [1.165, 1.54) is 7.05 Å². The van der Waals surface area contributed by atoms with Gasteiger partial charge < -0.3 is 0 Å². The second-order valence-corrected chi connectivity index (χ2v) is 1.72. The average molecular weight is 154 g/mol. The van der Waals surface area contributed by atoms with Gasteiger partial charge in [-0.15, -0.1) is 10.6 Å². The predicted molar refractivity (Wildman–Crippen MR) is 27.5 cm³/mol. The van der Waals surface area contributed by atoms with Gasteiger partial charge in [-0.25, -0.2) is 5.53 Å². The van der Waals surface area contributed by atoms with Crippen LogP contribution in [0.15, 0.2) is 5.10 Å². The molecule has 0 aromatic carbocycles. The van der Waals surface area contributed by atoms with E-state index in [9.17, 15) is 13.2 Å². The molecule has 0 fully saturated rings. The monoisotopic (exact) mass is 154 g/mol. The molecule has 0 bridgehead atoms. The summed E-state index contributed by atoms with van der Waals surface area (Å²) in [6, 6.07) is 0. The fourth-order valence-corrected chi connectivity index (χ4v) is 0.534. The first-order valence-corrected chi connectivity index (χ1v) is 2.41. The van der Waals surface area contributed by atoms with Crippen LogP contribution < -0.4 is 11.1 Å². The van der Waals surface area contributed by atoms with Crippen LogP contribution in [0.2, 0.25) is 0 Å². The maximum atomic E-state index is 11.8. The van der Waals surface area contributed by atoms with Crippen LogP contribution in [0.3, 0.4) is 0 Å². The van der Waals surface area contributed by atoms with Gasteiger partial charge in [-0.1, -0.05) is 0 Å². The van der Waals surface area contributed by atoms with E-state index < -0.39 is 12.0 Å². The molecule has 0 saturated heterocycles. The average Bonchev–Trinajstić information content (AvgIpc) is 2.11. The molecule has 4 nitrogen and oxygen atoms in total. The zero-order valence-corrected chi connectivity index (χ0v) is 5.03. The Labute approximate surface area is 54.6 Å². The first-order valence-electron chi connectivity index (χ1n) is 2.41. The van der Waals surface area contributed by atoms with Gasteiger partial charge in [0.15, 0.2) is 0 Å². The summed E-state index contributed by atoms with van der Waals surface area (Å²) in [6.45, 7) is 0. The second kappa shape index (κ2) is 2.01. The van der Waals surface area contributed by atoms with Crippen molar-refractivity contribution in [2.45, 2.75) is 6.18 Å². The molecule has 58 valence electrons. The maximum Gasteiger partial charge on any atom is 0.452 e. The number of hydrogen-bond acceptors (Lipinski definition) is 4. The third-order valence-electron chi connectivity index (χ3n) is 0.951. The largest absolute Gasteiger partial charge is 0.452 e. The third-order valence-corrected chi connectivity index (χ3v) is 0.951. The van der Waals surface area contributed by atoms with Crippen LogP contribution in [0.1, 0.15) is 0 Å². The summed E-state index contributed by atoms with van der Waals surface area (Å²) in [5, 5.41) is 3.69. The van der Waals surface area contributed by atoms with E-state index in [-0.39, 0.29) is 0 Å². The lowest BCUT2D eigenvalue weighted by atomic mass is 10.6. The fourth-order valence-electron chi connectivity index (χ4n) is 0.534. The Hall–Kier alpha value is -0.980. The van der Waals surface area contributed by atoms with E-state index in [2.05, 4.69) is 10.6 Å². The summed E-state index contributed by atoms with van der Waals surface area (Å²) in [6.07, 6.45) is -4.40. The molecule has 7 heteroatoms. The molecule has 0 saturated carbocycles. The quantitative estimate of drug-likeness (QED) is 0.508. The zero-order valence-electron chi connectivity index (χ0n) is 5.03. The lowest BCUT2D eigenvalue weighted by molar-refractivity contribution is -0.0678. The Morgan fingerprint density at radius 1 is 1.50 bits per heavy atom. The first-order chi connectivity index (χ1) is 4.52. The van der Waals surface area contributed by atoms with Crippen molar-refractivity contribution in [1.82, 2.24) is 16.1 Å². The van der Waals surface area contributed by atoms with Crippen molar-refractivity contribution >= 4 is 5.84 Å². The minimum absolute atomic E-state index is 0.750. The number of rotatable bonds is 0. The molecule has 0 radical (unpaired) electrons. The Morgan fingerprint density at radius 2 is 2.10 bits per heavy atom. The van der Waals surface area contributed by atoms with Gasteiger partial charge in [0.25, 0.3) is 0 Å². The molecule has 0 unspecified atom stereocenters. The van der Waals surface area contributed by atoms with Gasteiger partial charge in [-0.05, 0) is 0 Å². The van der Waals surface area contributed by atoms with Crippen LogP contribution in [0, 0.1) is 0 Å². The Balaban J connectivity index is 2.72. The minimum Gasteiger partial charge on any atom is -0.271 e. The highest BCUT2D eigenvalue weighted by molar-refractivity contribution is 5.87. The van der Waals surface area contributed by atoms with Gasteiger partial charge in [0, 0.05) is 7.05 Å². The number of halogens is 3. The van der Waals surface area contributed by atoms with Crippen molar-refractivity contribution in [3.63, 3.8) is 0 Å². The number of hydrazine groups is 2. The number of alkyl halides is 3. The SMILES string of the molecule is CN1NNN=C1C(F)(F)F. The van der Waals surface area contributed by atoms with E-state index in [1.54, 1.807) is 0 Å². The van der Waals surface area contributed by atoms with Crippen LogP contribution >= 0.6 is 0 Å². The number of amidine groups is 1. The highest BCUT2D eigenvalue weighted by Gasteiger charge is 2.41. The summed E-state index contributed by atoms with van der Waals surface area (Å²) in [4.78, 5) is 0. The molecule has 1 aliphatic rings. The molecule has 0 amide bonds. The molecule has 10 heavy (non-hydrogen) atoms. The zero-order chi connectivity index (χ0) is 7.78. The predicted octanol–water partition coefficient (Wildman–Crippen LogP) is -0.183. The molecule has 0 aliphatic carbocycles. The molecule has 0 aromatic heterocycles. The van der Waals surface area contributed by atoms with Crippen molar-refractivity contribution < 1.29 is 13.2 Å². The number of nitrogens with zero attached hydrogens (tertiary/aromatic N) is 2. The van der Waals surface area contributed by atoms with E-state index in [0.29, 0.717) is 0 Å².